The third kappa shape index (κ3) is 3.85. The minimum absolute atomic E-state index is 0.516. The molecule has 3 aromatic rings. The Morgan fingerprint density at radius 2 is 1.50 bits per heavy atom. The molecule has 2 aromatic carbocycles. The molecule has 0 amide bonds. The van der Waals surface area contributed by atoms with Crippen LogP contribution in [0.15, 0.2) is 79.0 Å². The van der Waals surface area contributed by atoms with E-state index in [2.05, 4.69) is 17.1 Å². The lowest BCUT2D eigenvalue weighted by Crippen LogP contribution is -2.03. The van der Waals surface area contributed by atoms with Gasteiger partial charge in [0, 0.05) is 12.6 Å². The van der Waals surface area contributed by atoms with Gasteiger partial charge in [-0.3, -0.25) is 0 Å². The fourth-order valence-corrected chi connectivity index (χ4v) is 2.09. The Labute approximate surface area is 130 Å². The second kappa shape index (κ2) is 7.27. The molecule has 0 aliphatic rings. The van der Waals surface area contributed by atoms with Gasteiger partial charge in [0.1, 0.15) is 5.75 Å². The number of nitrogens with zero attached hydrogens (tertiary/aromatic N) is 1. The van der Waals surface area contributed by atoms with Crippen LogP contribution in [0.3, 0.4) is 0 Å². The van der Waals surface area contributed by atoms with Gasteiger partial charge in [0.2, 0.25) is 0 Å². The molecule has 110 valence electrons. The molecule has 0 atom stereocenters. The number of hydrogen-bond acceptors (Lipinski definition) is 3. The first-order valence-corrected chi connectivity index (χ1v) is 7.26. The Hall–Kier alpha value is -2.81. The molecule has 3 heteroatoms. The predicted octanol–water partition coefficient (Wildman–Crippen LogP) is 4.50. The van der Waals surface area contributed by atoms with Crippen molar-refractivity contribution in [3.8, 4) is 17.4 Å². The zero-order valence-corrected chi connectivity index (χ0v) is 12.2. The van der Waals surface area contributed by atoms with Gasteiger partial charge in [-0.2, -0.15) is 0 Å². The van der Waals surface area contributed by atoms with Crippen LogP contribution in [0.1, 0.15) is 5.56 Å². The van der Waals surface area contributed by atoms with Crippen LogP contribution in [0.25, 0.3) is 0 Å². The molecule has 0 saturated carbocycles. The highest BCUT2D eigenvalue weighted by molar-refractivity contribution is 5.37. The lowest BCUT2D eigenvalue weighted by molar-refractivity contribution is 0.293. The van der Waals surface area contributed by atoms with Gasteiger partial charge in [-0.25, -0.2) is 4.98 Å². The number of para-hydroxylation sites is 1. The quantitative estimate of drug-likeness (QED) is 0.670. The summed E-state index contributed by atoms with van der Waals surface area (Å²) in [6.07, 6.45) is 2.54. The normalized spacial score (nSPS) is 10.2. The highest BCUT2D eigenvalue weighted by Gasteiger charge is 2.07. The van der Waals surface area contributed by atoms with E-state index >= 15 is 0 Å². The van der Waals surface area contributed by atoms with E-state index in [1.165, 1.54) is 5.56 Å². The maximum absolute atomic E-state index is 5.82. The summed E-state index contributed by atoms with van der Waals surface area (Å²) >= 11 is 0. The third-order valence-corrected chi connectivity index (χ3v) is 3.18. The molecule has 3 rings (SSSR count). The second-order valence-electron chi connectivity index (χ2n) is 4.81. The smallest absolute Gasteiger partial charge is 0.257 e. The maximum atomic E-state index is 5.82. The fraction of sp³-hybridized carbons (Fsp3) is 0.105. The summed E-state index contributed by atoms with van der Waals surface area (Å²) in [5.41, 5.74) is 1.24. The van der Waals surface area contributed by atoms with Crippen LogP contribution in [0.5, 0.6) is 17.4 Å². The first-order valence-electron chi connectivity index (χ1n) is 7.26. The summed E-state index contributed by atoms with van der Waals surface area (Å²) < 4.78 is 11.6. The molecule has 0 fully saturated rings. The number of ether oxygens (including phenoxy) is 2. The summed E-state index contributed by atoms with van der Waals surface area (Å²) in [4.78, 5) is 4.26. The molecule has 0 unspecified atom stereocenters. The molecule has 0 bridgehead atoms. The average molecular weight is 291 g/mol. The Kier molecular flexibility index (Phi) is 4.67. The van der Waals surface area contributed by atoms with E-state index in [4.69, 9.17) is 9.47 Å². The van der Waals surface area contributed by atoms with E-state index in [0.717, 1.165) is 12.2 Å². The SMILES string of the molecule is c1ccc(CCOc2ncccc2Oc2ccccc2)cc1. The van der Waals surface area contributed by atoms with Crippen molar-refractivity contribution in [3.05, 3.63) is 84.6 Å². The van der Waals surface area contributed by atoms with Crippen LogP contribution >= 0.6 is 0 Å². The Morgan fingerprint density at radius 3 is 2.27 bits per heavy atom. The van der Waals surface area contributed by atoms with Crippen molar-refractivity contribution >= 4 is 0 Å². The van der Waals surface area contributed by atoms with Crippen molar-refractivity contribution in [1.29, 1.82) is 0 Å². The largest absolute Gasteiger partial charge is 0.475 e. The second-order valence-corrected chi connectivity index (χ2v) is 4.81. The van der Waals surface area contributed by atoms with E-state index in [1.807, 2.05) is 60.7 Å². The van der Waals surface area contributed by atoms with Crippen molar-refractivity contribution < 1.29 is 9.47 Å². The van der Waals surface area contributed by atoms with Crippen LogP contribution in [0.4, 0.5) is 0 Å². The molecule has 0 aliphatic heterocycles. The van der Waals surface area contributed by atoms with E-state index in [1.54, 1.807) is 6.20 Å². The van der Waals surface area contributed by atoms with E-state index in [-0.39, 0.29) is 0 Å². The van der Waals surface area contributed by atoms with Crippen LogP contribution in [0.2, 0.25) is 0 Å². The Morgan fingerprint density at radius 1 is 0.773 bits per heavy atom. The van der Waals surface area contributed by atoms with Crippen LogP contribution in [-0.4, -0.2) is 11.6 Å². The molecular weight excluding hydrogens is 274 g/mol. The molecule has 22 heavy (non-hydrogen) atoms. The highest BCUT2D eigenvalue weighted by Crippen LogP contribution is 2.28. The van der Waals surface area contributed by atoms with Gasteiger partial charge in [-0.1, -0.05) is 48.5 Å². The molecule has 3 nitrogen and oxygen atoms in total. The van der Waals surface area contributed by atoms with Crippen molar-refractivity contribution in [2.24, 2.45) is 0 Å². The Balaban J connectivity index is 1.64. The summed E-state index contributed by atoms with van der Waals surface area (Å²) in [5.74, 6) is 1.91. The standard InChI is InChI=1S/C19H17NO2/c1-3-8-16(9-4-1)13-15-21-19-18(12-7-14-20-19)22-17-10-5-2-6-11-17/h1-12,14H,13,15H2. The van der Waals surface area contributed by atoms with Gasteiger partial charge in [0.15, 0.2) is 5.75 Å². The van der Waals surface area contributed by atoms with Crippen LogP contribution < -0.4 is 9.47 Å². The maximum Gasteiger partial charge on any atom is 0.257 e. The monoisotopic (exact) mass is 291 g/mol. The summed E-state index contributed by atoms with van der Waals surface area (Å²) in [6.45, 7) is 0.562. The van der Waals surface area contributed by atoms with E-state index < -0.39 is 0 Å². The van der Waals surface area contributed by atoms with Gasteiger partial charge >= 0.3 is 0 Å². The number of rotatable bonds is 6. The third-order valence-electron chi connectivity index (χ3n) is 3.18. The number of hydrogen-bond donors (Lipinski definition) is 0. The fourth-order valence-electron chi connectivity index (χ4n) is 2.09. The number of aromatic nitrogens is 1. The van der Waals surface area contributed by atoms with Crippen molar-refractivity contribution in [1.82, 2.24) is 4.98 Å². The molecule has 0 spiro atoms. The minimum atomic E-state index is 0.516. The number of benzene rings is 2. The van der Waals surface area contributed by atoms with Gasteiger partial charge in [-0.05, 0) is 29.8 Å². The average Bonchev–Trinajstić information content (AvgIpc) is 2.58. The topological polar surface area (TPSA) is 31.4 Å². The molecule has 0 saturated heterocycles. The van der Waals surface area contributed by atoms with Crippen LogP contribution in [0, 0.1) is 0 Å². The van der Waals surface area contributed by atoms with Gasteiger partial charge in [0.25, 0.3) is 5.88 Å². The van der Waals surface area contributed by atoms with Crippen LogP contribution in [-0.2, 0) is 6.42 Å². The Bertz CT molecular complexity index is 699. The molecule has 0 N–H and O–H groups in total. The summed E-state index contributed by atoms with van der Waals surface area (Å²) in [7, 11) is 0. The minimum Gasteiger partial charge on any atom is -0.475 e. The van der Waals surface area contributed by atoms with Gasteiger partial charge in [0.05, 0.1) is 6.61 Å². The van der Waals surface area contributed by atoms with E-state index in [9.17, 15) is 0 Å². The summed E-state index contributed by atoms with van der Waals surface area (Å²) in [6, 6.07) is 23.6. The predicted molar refractivity (Wildman–Crippen MR) is 86.4 cm³/mol. The van der Waals surface area contributed by atoms with Crippen molar-refractivity contribution in [2.45, 2.75) is 6.42 Å². The lowest BCUT2D eigenvalue weighted by Gasteiger charge is -2.11. The van der Waals surface area contributed by atoms with Gasteiger partial charge in [-0.15, -0.1) is 0 Å². The zero-order valence-electron chi connectivity index (χ0n) is 12.2. The molecular formula is C19H17NO2. The van der Waals surface area contributed by atoms with Gasteiger partial charge < -0.3 is 9.47 Å². The summed E-state index contributed by atoms with van der Waals surface area (Å²) in [5, 5.41) is 0. The van der Waals surface area contributed by atoms with Crippen molar-refractivity contribution in [2.75, 3.05) is 6.61 Å². The lowest BCUT2D eigenvalue weighted by atomic mass is 10.2. The molecule has 1 heterocycles. The molecule has 0 radical (unpaired) electrons. The molecule has 1 aromatic heterocycles. The molecule has 0 aliphatic carbocycles. The first kappa shape index (κ1) is 14.1. The zero-order chi connectivity index (χ0) is 15.0. The number of pyridine rings is 1. The van der Waals surface area contributed by atoms with E-state index in [0.29, 0.717) is 18.2 Å². The highest BCUT2D eigenvalue weighted by atomic mass is 16.5. The van der Waals surface area contributed by atoms with Crippen molar-refractivity contribution in [3.63, 3.8) is 0 Å². The first-order chi connectivity index (χ1) is 10.9.